The Bertz CT molecular complexity index is 1180. The topological polar surface area (TPSA) is 117 Å². The summed E-state index contributed by atoms with van der Waals surface area (Å²) in [6, 6.07) is 8.51. The second-order valence-electron chi connectivity index (χ2n) is 6.29. The van der Waals surface area contributed by atoms with E-state index in [2.05, 4.69) is 20.3 Å². The number of halogens is 3. The molecule has 30 heavy (non-hydrogen) atoms. The molecule has 1 aromatic carbocycles. The van der Waals surface area contributed by atoms with Crippen molar-refractivity contribution in [2.45, 2.75) is 6.18 Å². The zero-order valence-electron chi connectivity index (χ0n) is 15.5. The number of amides is 2. The summed E-state index contributed by atoms with van der Waals surface area (Å²) < 4.78 is 63.4. The van der Waals surface area contributed by atoms with E-state index in [-0.39, 0.29) is 5.69 Å². The van der Waals surface area contributed by atoms with Crippen LogP contribution in [0, 0.1) is 0 Å². The molecule has 0 bridgehead atoms. The molecule has 0 spiro atoms. The minimum Gasteiger partial charge on any atom is -0.340 e. The van der Waals surface area contributed by atoms with Gasteiger partial charge in [0.1, 0.15) is 18.0 Å². The van der Waals surface area contributed by atoms with Crippen LogP contribution in [0.1, 0.15) is 0 Å². The van der Waals surface area contributed by atoms with Gasteiger partial charge < -0.3 is 16.0 Å². The Hall–Kier alpha value is -3.48. The Balaban J connectivity index is 1.75. The number of imidazole rings is 1. The summed E-state index contributed by atoms with van der Waals surface area (Å²) in [5.41, 5.74) is 1.68. The molecule has 9 nitrogen and oxygen atoms in total. The lowest BCUT2D eigenvalue weighted by atomic mass is 10.3. The predicted molar refractivity (Wildman–Crippen MR) is 106 cm³/mol. The number of anilines is 4. The first-order chi connectivity index (χ1) is 14.0. The van der Waals surface area contributed by atoms with E-state index < -0.39 is 28.8 Å². The van der Waals surface area contributed by atoms with Gasteiger partial charge in [0.25, 0.3) is 0 Å². The minimum atomic E-state index is -4.51. The summed E-state index contributed by atoms with van der Waals surface area (Å²) in [6.45, 7) is -1.44. The van der Waals surface area contributed by atoms with Crippen LogP contribution in [0.3, 0.4) is 0 Å². The van der Waals surface area contributed by atoms with Gasteiger partial charge in [0.2, 0.25) is 10.0 Å². The number of aromatic nitrogens is 2. The van der Waals surface area contributed by atoms with E-state index in [9.17, 15) is 26.4 Å². The van der Waals surface area contributed by atoms with Crippen molar-refractivity contribution in [3.63, 3.8) is 0 Å². The Morgan fingerprint density at radius 1 is 1.13 bits per heavy atom. The van der Waals surface area contributed by atoms with Crippen molar-refractivity contribution in [1.29, 1.82) is 0 Å². The highest BCUT2D eigenvalue weighted by Gasteiger charge is 2.27. The molecule has 0 saturated heterocycles. The Labute approximate surface area is 169 Å². The van der Waals surface area contributed by atoms with E-state index in [1.54, 1.807) is 40.2 Å². The van der Waals surface area contributed by atoms with Crippen molar-refractivity contribution in [3.05, 3.63) is 48.8 Å². The van der Waals surface area contributed by atoms with E-state index >= 15 is 0 Å². The molecule has 4 N–H and O–H groups in total. The number of rotatable bonds is 6. The van der Waals surface area contributed by atoms with Crippen LogP contribution >= 0.6 is 0 Å². The zero-order chi connectivity index (χ0) is 21.9. The molecule has 0 fully saturated rings. The van der Waals surface area contributed by atoms with Crippen LogP contribution in [0.25, 0.3) is 5.65 Å². The maximum atomic E-state index is 12.2. The van der Waals surface area contributed by atoms with Crippen LogP contribution in [0.5, 0.6) is 0 Å². The van der Waals surface area contributed by atoms with Gasteiger partial charge in [0.15, 0.2) is 0 Å². The Morgan fingerprint density at radius 2 is 1.87 bits per heavy atom. The quantitative estimate of drug-likeness (QED) is 0.468. The average molecular weight is 442 g/mol. The average Bonchev–Trinajstić information content (AvgIpc) is 3.01. The fourth-order valence-corrected chi connectivity index (χ4v) is 3.07. The fraction of sp³-hybridized carbons (Fsp3) is 0.176. The third-order valence-electron chi connectivity index (χ3n) is 3.65. The first-order valence-corrected chi connectivity index (χ1v) is 10.3. The van der Waals surface area contributed by atoms with Crippen LogP contribution in [-0.2, 0) is 10.0 Å². The zero-order valence-corrected chi connectivity index (χ0v) is 16.3. The molecule has 2 heterocycles. The number of sulfonamides is 1. The molecule has 0 atom stereocenters. The summed E-state index contributed by atoms with van der Waals surface area (Å²) in [6.07, 6.45) is -0.406. The predicted octanol–water partition coefficient (Wildman–Crippen LogP) is 3.13. The molecular weight excluding hydrogens is 425 g/mol. The molecule has 0 aliphatic heterocycles. The third kappa shape index (κ3) is 6.01. The van der Waals surface area contributed by atoms with Crippen LogP contribution in [0.15, 0.2) is 48.8 Å². The van der Waals surface area contributed by atoms with Gasteiger partial charge in [-0.1, -0.05) is 6.07 Å². The molecule has 0 saturated carbocycles. The monoisotopic (exact) mass is 442 g/mol. The largest absolute Gasteiger partial charge is 0.405 e. The van der Waals surface area contributed by atoms with Gasteiger partial charge in [-0.05, 0) is 30.3 Å². The first-order valence-electron chi connectivity index (χ1n) is 8.42. The van der Waals surface area contributed by atoms with Crippen molar-refractivity contribution >= 4 is 44.6 Å². The van der Waals surface area contributed by atoms with Crippen molar-refractivity contribution in [2.75, 3.05) is 28.2 Å². The van der Waals surface area contributed by atoms with Crippen LogP contribution < -0.4 is 20.7 Å². The number of hydrogen-bond donors (Lipinski definition) is 4. The van der Waals surface area contributed by atoms with Crippen LogP contribution in [0.2, 0.25) is 0 Å². The van der Waals surface area contributed by atoms with E-state index in [1.165, 1.54) is 18.3 Å². The summed E-state index contributed by atoms with van der Waals surface area (Å²) in [5.74, 6) is 0.501. The molecule has 13 heteroatoms. The van der Waals surface area contributed by atoms with Gasteiger partial charge >= 0.3 is 12.2 Å². The van der Waals surface area contributed by atoms with Crippen molar-refractivity contribution in [3.8, 4) is 0 Å². The molecule has 3 rings (SSSR count). The summed E-state index contributed by atoms with van der Waals surface area (Å²) in [7, 11) is -3.45. The lowest BCUT2D eigenvalue weighted by molar-refractivity contribution is -0.122. The van der Waals surface area contributed by atoms with Crippen LogP contribution in [-0.4, -0.2) is 42.8 Å². The Kier molecular flexibility index (Phi) is 5.73. The highest BCUT2D eigenvalue weighted by atomic mass is 32.2. The minimum absolute atomic E-state index is 0.271. The molecule has 0 radical (unpaired) electrons. The molecule has 3 aromatic rings. The number of pyridine rings is 1. The number of carbonyl (C=O) groups is 1. The Morgan fingerprint density at radius 3 is 2.57 bits per heavy atom. The third-order valence-corrected chi connectivity index (χ3v) is 4.26. The molecule has 2 amide bonds. The van der Waals surface area contributed by atoms with Crippen molar-refractivity contribution in [2.24, 2.45) is 0 Å². The van der Waals surface area contributed by atoms with Crippen molar-refractivity contribution in [1.82, 2.24) is 14.7 Å². The first kappa shape index (κ1) is 21.2. The standard InChI is InChI=1S/C17H17F3N6O3S/c1-30(28,29)25-13-5-6-14-21-8-15(26(14)9-13)23-11-3-2-4-12(7-11)24-16(27)22-10-17(18,19)20/h2-9,23,25H,10H2,1H3,(H2,22,24,27). The number of benzene rings is 1. The summed E-state index contributed by atoms with van der Waals surface area (Å²) >= 11 is 0. The van der Waals surface area contributed by atoms with E-state index in [0.29, 0.717) is 22.8 Å². The molecule has 0 aliphatic rings. The van der Waals surface area contributed by atoms with Gasteiger partial charge in [-0.25, -0.2) is 18.2 Å². The maximum absolute atomic E-state index is 12.2. The summed E-state index contributed by atoms with van der Waals surface area (Å²) in [4.78, 5) is 15.8. The number of alkyl halides is 3. The van der Waals surface area contributed by atoms with Gasteiger partial charge in [-0.15, -0.1) is 0 Å². The van der Waals surface area contributed by atoms with E-state index in [1.807, 2.05) is 0 Å². The van der Waals surface area contributed by atoms with Gasteiger partial charge in [-0.2, -0.15) is 13.2 Å². The van der Waals surface area contributed by atoms with Gasteiger partial charge in [-0.3, -0.25) is 9.12 Å². The molecule has 0 unspecified atom stereocenters. The van der Waals surface area contributed by atoms with E-state index in [0.717, 1.165) is 6.26 Å². The molecule has 0 aliphatic carbocycles. The highest BCUT2D eigenvalue weighted by molar-refractivity contribution is 7.92. The lowest BCUT2D eigenvalue weighted by Crippen LogP contribution is -2.36. The number of fused-ring (bicyclic) bond motifs is 1. The molecular formula is C17H17F3N6O3S. The second kappa shape index (κ2) is 8.10. The van der Waals surface area contributed by atoms with Crippen molar-refractivity contribution < 1.29 is 26.4 Å². The van der Waals surface area contributed by atoms with Gasteiger partial charge in [0.05, 0.1) is 18.1 Å². The molecule has 2 aromatic heterocycles. The normalized spacial score (nSPS) is 11.9. The number of hydrogen-bond acceptors (Lipinski definition) is 5. The summed E-state index contributed by atoms with van der Waals surface area (Å²) in [5, 5.41) is 7.10. The number of urea groups is 1. The number of nitrogens with one attached hydrogen (secondary N) is 4. The number of carbonyl (C=O) groups excluding carboxylic acids is 1. The lowest BCUT2D eigenvalue weighted by Gasteiger charge is -2.12. The highest BCUT2D eigenvalue weighted by Crippen LogP contribution is 2.23. The van der Waals surface area contributed by atoms with Crippen LogP contribution in [0.4, 0.5) is 40.8 Å². The fourth-order valence-electron chi connectivity index (χ4n) is 2.53. The maximum Gasteiger partial charge on any atom is 0.405 e. The second-order valence-corrected chi connectivity index (χ2v) is 8.04. The molecule has 160 valence electrons. The van der Waals surface area contributed by atoms with E-state index in [4.69, 9.17) is 0 Å². The number of nitrogens with zero attached hydrogens (tertiary/aromatic N) is 2. The smallest absolute Gasteiger partial charge is 0.340 e. The SMILES string of the molecule is CS(=O)(=O)Nc1ccc2ncc(Nc3cccc(NC(=O)NCC(F)(F)F)c3)n2c1. The van der Waals surface area contributed by atoms with Gasteiger partial charge in [0, 0.05) is 17.6 Å².